The molecule has 108 valence electrons. The van der Waals surface area contributed by atoms with Crippen LogP contribution >= 0.6 is 11.6 Å². The Morgan fingerprint density at radius 2 is 1.95 bits per heavy atom. The SMILES string of the molecule is FC(F)(F)c1ccccc1Cn1cc(CCCCl)nn1. The fourth-order valence-electron chi connectivity index (χ4n) is 1.89. The predicted octanol–water partition coefficient (Wildman–Crippen LogP) is 3.52. The monoisotopic (exact) mass is 303 g/mol. The summed E-state index contributed by atoms with van der Waals surface area (Å²) < 4.78 is 40.0. The third-order valence-corrected chi connectivity index (χ3v) is 3.08. The highest BCUT2D eigenvalue weighted by Crippen LogP contribution is 2.32. The lowest BCUT2D eigenvalue weighted by molar-refractivity contribution is -0.138. The van der Waals surface area contributed by atoms with Crippen LogP contribution in [0.2, 0.25) is 0 Å². The van der Waals surface area contributed by atoms with E-state index in [4.69, 9.17) is 11.6 Å². The molecule has 0 radical (unpaired) electrons. The van der Waals surface area contributed by atoms with Crippen LogP contribution in [0.5, 0.6) is 0 Å². The van der Waals surface area contributed by atoms with Crippen molar-refractivity contribution in [3.05, 3.63) is 47.3 Å². The molecule has 20 heavy (non-hydrogen) atoms. The van der Waals surface area contributed by atoms with Gasteiger partial charge in [-0.1, -0.05) is 23.4 Å². The van der Waals surface area contributed by atoms with Gasteiger partial charge < -0.3 is 0 Å². The van der Waals surface area contributed by atoms with Gasteiger partial charge in [0.1, 0.15) is 0 Å². The number of aromatic nitrogens is 3. The number of aryl methyl sites for hydroxylation is 1. The largest absolute Gasteiger partial charge is 0.416 e. The summed E-state index contributed by atoms with van der Waals surface area (Å²) in [5.74, 6) is 0.518. The molecule has 2 rings (SSSR count). The van der Waals surface area contributed by atoms with Gasteiger partial charge in [0.25, 0.3) is 0 Å². The van der Waals surface area contributed by atoms with Crippen molar-refractivity contribution in [2.75, 3.05) is 5.88 Å². The van der Waals surface area contributed by atoms with Gasteiger partial charge in [0.2, 0.25) is 0 Å². The maximum Gasteiger partial charge on any atom is 0.416 e. The Balaban J connectivity index is 2.16. The molecule has 1 aromatic heterocycles. The minimum absolute atomic E-state index is 0.0452. The molecule has 0 aliphatic heterocycles. The van der Waals surface area contributed by atoms with Crippen LogP contribution in [-0.4, -0.2) is 20.9 Å². The second-order valence-electron chi connectivity index (χ2n) is 4.35. The van der Waals surface area contributed by atoms with Gasteiger partial charge in [-0.3, -0.25) is 0 Å². The zero-order chi connectivity index (χ0) is 14.6. The second-order valence-corrected chi connectivity index (χ2v) is 4.73. The van der Waals surface area contributed by atoms with E-state index >= 15 is 0 Å². The van der Waals surface area contributed by atoms with Gasteiger partial charge in [-0.15, -0.1) is 16.7 Å². The minimum atomic E-state index is -4.36. The Morgan fingerprint density at radius 3 is 2.65 bits per heavy atom. The number of hydrogen-bond donors (Lipinski definition) is 0. The quantitative estimate of drug-likeness (QED) is 0.791. The summed E-state index contributed by atoms with van der Waals surface area (Å²) >= 11 is 5.58. The third-order valence-electron chi connectivity index (χ3n) is 2.81. The zero-order valence-electron chi connectivity index (χ0n) is 10.6. The average molecular weight is 304 g/mol. The van der Waals surface area contributed by atoms with Crippen LogP contribution in [0.3, 0.4) is 0 Å². The summed E-state index contributed by atoms with van der Waals surface area (Å²) in [5.41, 5.74) is 0.266. The first-order chi connectivity index (χ1) is 9.50. The molecule has 2 aromatic rings. The fourth-order valence-corrected chi connectivity index (χ4v) is 2.02. The Bertz CT molecular complexity index is 566. The molecule has 0 bridgehead atoms. The molecule has 7 heteroatoms. The van der Waals surface area contributed by atoms with Gasteiger partial charge in [-0.05, 0) is 24.5 Å². The zero-order valence-corrected chi connectivity index (χ0v) is 11.3. The molecule has 0 unspecified atom stereocenters. The average Bonchev–Trinajstić information content (AvgIpc) is 2.83. The molecule has 1 aromatic carbocycles. The number of benzene rings is 1. The van der Waals surface area contributed by atoms with Crippen LogP contribution in [-0.2, 0) is 19.1 Å². The van der Waals surface area contributed by atoms with Crippen LogP contribution in [0.25, 0.3) is 0 Å². The first kappa shape index (κ1) is 14.8. The van der Waals surface area contributed by atoms with Gasteiger partial charge in [0, 0.05) is 12.1 Å². The summed E-state index contributed by atoms with van der Waals surface area (Å²) in [5, 5.41) is 7.76. The van der Waals surface area contributed by atoms with Crippen LogP contribution in [0, 0.1) is 0 Å². The third kappa shape index (κ3) is 3.72. The van der Waals surface area contributed by atoms with Crippen molar-refractivity contribution >= 4 is 11.6 Å². The van der Waals surface area contributed by atoms with Crippen LogP contribution in [0.15, 0.2) is 30.5 Å². The Kier molecular flexibility index (Phi) is 4.65. The Morgan fingerprint density at radius 1 is 1.20 bits per heavy atom. The molecule has 0 N–H and O–H groups in total. The predicted molar refractivity (Wildman–Crippen MR) is 69.6 cm³/mol. The topological polar surface area (TPSA) is 30.7 Å². The van der Waals surface area contributed by atoms with Crippen molar-refractivity contribution in [2.24, 2.45) is 0 Å². The van der Waals surface area contributed by atoms with Crippen molar-refractivity contribution in [3.63, 3.8) is 0 Å². The smallest absolute Gasteiger partial charge is 0.248 e. The van der Waals surface area contributed by atoms with Gasteiger partial charge in [0.05, 0.1) is 17.8 Å². The minimum Gasteiger partial charge on any atom is -0.248 e. The number of alkyl halides is 4. The Hall–Kier alpha value is -1.56. The highest BCUT2D eigenvalue weighted by molar-refractivity contribution is 6.17. The summed E-state index contributed by atoms with van der Waals surface area (Å²) in [4.78, 5) is 0. The van der Waals surface area contributed by atoms with Gasteiger partial charge in [0.15, 0.2) is 0 Å². The Labute approximate surface area is 119 Å². The van der Waals surface area contributed by atoms with Crippen molar-refractivity contribution < 1.29 is 13.2 Å². The molecule has 1 heterocycles. The van der Waals surface area contributed by atoms with E-state index in [1.54, 1.807) is 12.3 Å². The molecule has 0 aliphatic carbocycles. The number of rotatable bonds is 5. The highest BCUT2D eigenvalue weighted by atomic mass is 35.5. The van der Waals surface area contributed by atoms with Gasteiger partial charge in [-0.25, -0.2) is 4.68 Å². The molecule has 0 spiro atoms. The lowest BCUT2D eigenvalue weighted by atomic mass is 10.1. The van der Waals surface area contributed by atoms with E-state index < -0.39 is 11.7 Å². The molecule has 0 saturated heterocycles. The normalized spacial score (nSPS) is 11.8. The molecule has 0 atom stereocenters. The number of nitrogens with zero attached hydrogens (tertiary/aromatic N) is 3. The maximum absolute atomic E-state index is 12.9. The van der Waals surface area contributed by atoms with E-state index in [2.05, 4.69) is 10.3 Å². The molecule has 0 fully saturated rings. The van der Waals surface area contributed by atoms with E-state index in [1.165, 1.54) is 16.8 Å². The first-order valence-electron chi connectivity index (χ1n) is 6.11. The first-order valence-corrected chi connectivity index (χ1v) is 6.64. The molecular formula is C13H13ClF3N3. The van der Waals surface area contributed by atoms with Crippen molar-refractivity contribution in [2.45, 2.75) is 25.6 Å². The van der Waals surface area contributed by atoms with Crippen LogP contribution in [0.1, 0.15) is 23.2 Å². The summed E-state index contributed by atoms with van der Waals surface area (Å²) in [6, 6.07) is 5.47. The summed E-state index contributed by atoms with van der Waals surface area (Å²) in [6.45, 7) is 0.0452. The van der Waals surface area contributed by atoms with Crippen LogP contribution in [0.4, 0.5) is 13.2 Å². The molecule has 0 aliphatic rings. The fraction of sp³-hybridized carbons (Fsp3) is 0.385. The lowest BCUT2D eigenvalue weighted by Gasteiger charge is -2.12. The number of hydrogen-bond acceptors (Lipinski definition) is 2. The summed E-state index contributed by atoms with van der Waals surface area (Å²) in [6.07, 6.45) is -1.28. The van der Waals surface area contributed by atoms with Crippen LogP contribution < -0.4 is 0 Å². The molecule has 0 amide bonds. The molecular weight excluding hydrogens is 291 g/mol. The molecule has 0 saturated carbocycles. The summed E-state index contributed by atoms with van der Waals surface area (Å²) in [7, 11) is 0. The highest BCUT2D eigenvalue weighted by Gasteiger charge is 2.32. The van der Waals surface area contributed by atoms with E-state index in [1.807, 2.05) is 0 Å². The van der Waals surface area contributed by atoms with E-state index in [-0.39, 0.29) is 12.1 Å². The van der Waals surface area contributed by atoms with Gasteiger partial charge in [-0.2, -0.15) is 13.2 Å². The number of halogens is 4. The van der Waals surface area contributed by atoms with E-state index in [0.29, 0.717) is 12.3 Å². The van der Waals surface area contributed by atoms with E-state index in [9.17, 15) is 13.2 Å². The van der Waals surface area contributed by atoms with Crippen molar-refractivity contribution in [3.8, 4) is 0 Å². The molecule has 3 nitrogen and oxygen atoms in total. The maximum atomic E-state index is 12.9. The lowest BCUT2D eigenvalue weighted by Crippen LogP contribution is -2.11. The standard InChI is InChI=1S/C13H13ClF3N3/c14-7-3-5-11-9-20(19-18-11)8-10-4-1-2-6-12(10)13(15,16)17/h1-2,4,6,9H,3,5,7-8H2. The van der Waals surface area contributed by atoms with E-state index in [0.717, 1.165) is 18.2 Å². The van der Waals surface area contributed by atoms with Crippen molar-refractivity contribution in [1.29, 1.82) is 0 Å². The van der Waals surface area contributed by atoms with Crippen molar-refractivity contribution in [1.82, 2.24) is 15.0 Å². The van der Waals surface area contributed by atoms with Gasteiger partial charge >= 0.3 is 6.18 Å². The second kappa shape index (κ2) is 6.26.